The van der Waals surface area contributed by atoms with Crippen LogP contribution < -0.4 is 10.6 Å². The normalized spacial score (nSPS) is 11.2. The molecular formula is C16H23N3O. The van der Waals surface area contributed by atoms with E-state index in [-0.39, 0.29) is 6.61 Å². The van der Waals surface area contributed by atoms with Crippen molar-refractivity contribution in [3.8, 4) is 0 Å². The van der Waals surface area contributed by atoms with E-state index < -0.39 is 0 Å². The number of para-hydroxylation sites is 1. The zero-order chi connectivity index (χ0) is 14.5. The highest BCUT2D eigenvalue weighted by Gasteiger charge is 2.14. The molecule has 4 heteroatoms. The molecule has 1 aromatic carbocycles. The van der Waals surface area contributed by atoms with Crippen molar-refractivity contribution in [1.29, 1.82) is 0 Å². The minimum absolute atomic E-state index is 0.195. The predicted molar refractivity (Wildman–Crippen MR) is 83.8 cm³/mol. The fourth-order valence-electron chi connectivity index (χ4n) is 2.43. The lowest BCUT2D eigenvalue weighted by Gasteiger charge is -2.28. The second kappa shape index (κ2) is 6.68. The molecular weight excluding hydrogens is 250 g/mol. The quantitative estimate of drug-likeness (QED) is 0.847. The fraction of sp³-hybridized carbons (Fsp3) is 0.438. The van der Waals surface area contributed by atoms with E-state index >= 15 is 0 Å². The second-order valence-corrected chi connectivity index (χ2v) is 5.23. The Morgan fingerprint density at radius 3 is 2.70 bits per heavy atom. The molecule has 0 unspecified atom stereocenters. The number of fused-ring (bicyclic) bond motifs is 1. The SMILES string of the molecule is CC(C)N(CCCO)c1cc(CN)c2ccccc2n1. The molecule has 0 spiro atoms. The lowest BCUT2D eigenvalue weighted by molar-refractivity contribution is 0.288. The number of anilines is 1. The van der Waals surface area contributed by atoms with Crippen molar-refractivity contribution in [3.05, 3.63) is 35.9 Å². The smallest absolute Gasteiger partial charge is 0.129 e. The van der Waals surface area contributed by atoms with Crippen molar-refractivity contribution in [1.82, 2.24) is 4.98 Å². The van der Waals surface area contributed by atoms with Gasteiger partial charge in [0.15, 0.2) is 0 Å². The maximum absolute atomic E-state index is 9.05. The monoisotopic (exact) mass is 273 g/mol. The average Bonchev–Trinajstić information content (AvgIpc) is 2.46. The number of hydrogen-bond acceptors (Lipinski definition) is 4. The Kier molecular flexibility index (Phi) is 4.93. The average molecular weight is 273 g/mol. The molecule has 0 aliphatic rings. The zero-order valence-electron chi connectivity index (χ0n) is 12.2. The Labute approximate surface area is 120 Å². The van der Waals surface area contributed by atoms with Gasteiger partial charge in [-0.2, -0.15) is 0 Å². The van der Waals surface area contributed by atoms with Crippen LogP contribution in [0.25, 0.3) is 10.9 Å². The molecule has 4 nitrogen and oxygen atoms in total. The summed E-state index contributed by atoms with van der Waals surface area (Å²) in [5, 5.41) is 10.2. The van der Waals surface area contributed by atoms with Crippen LogP contribution in [0, 0.1) is 0 Å². The van der Waals surface area contributed by atoms with Crippen molar-refractivity contribution in [2.24, 2.45) is 5.73 Å². The van der Waals surface area contributed by atoms with Crippen LogP contribution in [-0.2, 0) is 6.54 Å². The summed E-state index contributed by atoms with van der Waals surface area (Å²) in [7, 11) is 0. The highest BCUT2D eigenvalue weighted by atomic mass is 16.3. The van der Waals surface area contributed by atoms with Crippen molar-refractivity contribution in [3.63, 3.8) is 0 Å². The molecule has 0 aliphatic carbocycles. The van der Waals surface area contributed by atoms with Crippen LogP contribution in [0.15, 0.2) is 30.3 Å². The van der Waals surface area contributed by atoms with Gasteiger partial charge in [-0.1, -0.05) is 18.2 Å². The lowest BCUT2D eigenvalue weighted by Crippen LogP contribution is -2.33. The fourth-order valence-corrected chi connectivity index (χ4v) is 2.43. The standard InChI is InChI=1S/C16H23N3O/c1-12(2)19(8-5-9-20)16-10-13(11-17)14-6-3-4-7-15(14)18-16/h3-4,6-7,10,12,20H,5,8-9,11,17H2,1-2H3. The van der Waals surface area contributed by atoms with E-state index in [0.717, 1.165) is 35.2 Å². The van der Waals surface area contributed by atoms with E-state index in [1.807, 2.05) is 18.2 Å². The third-order valence-electron chi connectivity index (χ3n) is 3.48. The van der Waals surface area contributed by atoms with Crippen molar-refractivity contribution < 1.29 is 5.11 Å². The summed E-state index contributed by atoms with van der Waals surface area (Å²) in [6, 6.07) is 10.5. The maximum atomic E-state index is 9.05. The molecule has 0 atom stereocenters. The van der Waals surface area contributed by atoms with Gasteiger partial charge >= 0.3 is 0 Å². The molecule has 108 valence electrons. The number of aliphatic hydroxyl groups is 1. The van der Waals surface area contributed by atoms with Gasteiger partial charge in [0, 0.05) is 31.1 Å². The first kappa shape index (κ1) is 14.8. The Hall–Kier alpha value is -1.65. The van der Waals surface area contributed by atoms with E-state index in [4.69, 9.17) is 15.8 Å². The van der Waals surface area contributed by atoms with Gasteiger partial charge in [-0.15, -0.1) is 0 Å². The van der Waals surface area contributed by atoms with Gasteiger partial charge in [0.25, 0.3) is 0 Å². The van der Waals surface area contributed by atoms with Gasteiger partial charge in [0.2, 0.25) is 0 Å². The zero-order valence-corrected chi connectivity index (χ0v) is 12.2. The van der Waals surface area contributed by atoms with Gasteiger partial charge in [-0.3, -0.25) is 0 Å². The maximum Gasteiger partial charge on any atom is 0.129 e. The van der Waals surface area contributed by atoms with Gasteiger partial charge in [0.1, 0.15) is 5.82 Å². The molecule has 0 saturated carbocycles. The lowest BCUT2D eigenvalue weighted by atomic mass is 10.1. The number of nitrogens with two attached hydrogens (primary N) is 1. The second-order valence-electron chi connectivity index (χ2n) is 5.23. The summed E-state index contributed by atoms with van der Waals surface area (Å²) >= 11 is 0. The molecule has 2 rings (SSSR count). The molecule has 0 fully saturated rings. The van der Waals surface area contributed by atoms with E-state index in [2.05, 4.69) is 30.9 Å². The first-order valence-corrected chi connectivity index (χ1v) is 7.13. The minimum Gasteiger partial charge on any atom is -0.396 e. The van der Waals surface area contributed by atoms with Crippen LogP contribution in [0.5, 0.6) is 0 Å². The Bertz CT molecular complexity index is 569. The van der Waals surface area contributed by atoms with Crippen LogP contribution in [0.3, 0.4) is 0 Å². The molecule has 3 N–H and O–H groups in total. The summed E-state index contributed by atoms with van der Waals surface area (Å²) in [6.07, 6.45) is 0.741. The van der Waals surface area contributed by atoms with Gasteiger partial charge in [0.05, 0.1) is 5.52 Å². The summed E-state index contributed by atoms with van der Waals surface area (Å²) in [6.45, 7) is 5.76. The number of hydrogen-bond donors (Lipinski definition) is 2. The van der Waals surface area contributed by atoms with Crippen molar-refractivity contribution >= 4 is 16.7 Å². The summed E-state index contributed by atoms with van der Waals surface area (Å²) in [5.41, 5.74) is 7.96. The highest BCUT2D eigenvalue weighted by molar-refractivity contribution is 5.84. The largest absolute Gasteiger partial charge is 0.396 e. The first-order chi connectivity index (χ1) is 9.67. The number of pyridine rings is 1. The van der Waals surface area contributed by atoms with Crippen LogP contribution in [-0.4, -0.2) is 29.3 Å². The summed E-state index contributed by atoms with van der Waals surface area (Å²) in [4.78, 5) is 6.96. The van der Waals surface area contributed by atoms with Crippen LogP contribution in [0.4, 0.5) is 5.82 Å². The third kappa shape index (κ3) is 3.08. The van der Waals surface area contributed by atoms with E-state index in [1.165, 1.54) is 0 Å². The highest BCUT2D eigenvalue weighted by Crippen LogP contribution is 2.24. The van der Waals surface area contributed by atoms with Crippen molar-refractivity contribution in [2.75, 3.05) is 18.1 Å². The Morgan fingerprint density at radius 1 is 1.30 bits per heavy atom. The number of nitrogens with zero attached hydrogens (tertiary/aromatic N) is 2. The molecule has 1 heterocycles. The van der Waals surface area contributed by atoms with E-state index in [9.17, 15) is 0 Å². The van der Waals surface area contributed by atoms with Gasteiger partial charge in [-0.05, 0) is 38.0 Å². The molecule has 0 amide bonds. The Morgan fingerprint density at radius 2 is 2.05 bits per heavy atom. The van der Waals surface area contributed by atoms with Crippen LogP contribution in [0.2, 0.25) is 0 Å². The topological polar surface area (TPSA) is 62.4 Å². The molecule has 1 aromatic heterocycles. The van der Waals surface area contributed by atoms with Crippen LogP contribution >= 0.6 is 0 Å². The van der Waals surface area contributed by atoms with Gasteiger partial charge in [-0.25, -0.2) is 4.98 Å². The summed E-state index contributed by atoms with van der Waals surface area (Å²) < 4.78 is 0. The molecule has 2 aromatic rings. The summed E-state index contributed by atoms with van der Waals surface area (Å²) in [5.74, 6) is 0.938. The third-order valence-corrected chi connectivity index (χ3v) is 3.48. The number of rotatable bonds is 6. The molecule has 0 saturated heterocycles. The van der Waals surface area contributed by atoms with E-state index in [0.29, 0.717) is 12.6 Å². The minimum atomic E-state index is 0.195. The predicted octanol–water partition coefficient (Wildman–Crippen LogP) is 2.29. The number of aromatic nitrogens is 1. The van der Waals surface area contributed by atoms with E-state index in [1.54, 1.807) is 0 Å². The van der Waals surface area contributed by atoms with Gasteiger partial charge < -0.3 is 15.7 Å². The first-order valence-electron chi connectivity index (χ1n) is 7.13. The van der Waals surface area contributed by atoms with Crippen molar-refractivity contribution in [2.45, 2.75) is 32.9 Å². The molecule has 0 aliphatic heterocycles. The van der Waals surface area contributed by atoms with Crippen LogP contribution in [0.1, 0.15) is 25.8 Å². The number of aliphatic hydroxyl groups excluding tert-OH is 1. The molecule has 0 bridgehead atoms. The Balaban J connectivity index is 2.46. The molecule has 20 heavy (non-hydrogen) atoms. The molecule has 0 radical (unpaired) electrons. The number of benzene rings is 1.